The van der Waals surface area contributed by atoms with Crippen molar-refractivity contribution in [3.05, 3.63) is 97.2 Å². The summed E-state index contributed by atoms with van der Waals surface area (Å²) in [7, 11) is 1.21. The van der Waals surface area contributed by atoms with E-state index in [1.807, 2.05) is 27.2 Å². The summed E-state index contributed by atoms with van der Waals surface area (Å²) in [5, 5.41) is 13.7. The molecule has 56 heavy (non-hydrogen) atoms. The molecule has 1 amide bonds. The molecule has 0 fully saturated rings. The first kappa shape index (κ1) is 53.4. The minimum Gasteiger partial charge on any atom is -0.756 e. The molecule has 0 heterocycles. The Balaban J connectivity index is 4.40. The lowest BCUT2D eigenvalue weighted by atomic mass is 10.1. The lowest BCUT2D eigenvalue weighted by molar-refractivity contribution is -0.870. The van der Waals surface area contributed by atoms with Crippen molar-refractivity contribution < 1.29 is 32.9 Å². The molecule has 0 saturated carbocycles. The third-order valence-corrected chi connectivity index (χ3v) is 9.76. The van der Waals surface area contributed by atoms with Crippen LogP contribution in [0.2, 0.25) is 0 Å². The predicted octanol–water partition coefficient (Wildman–Crippen LogP) is 11.3. The van der Waals surface area contributed by atoms with Gasteiger partial charge in [0.1, 0.15) is 13.2 Å². The Hall–Kier alpha value is -2.58. The molecule has 0 aliphatic carbocycles. The zero-order valence-electron chi connectivity index (χ0n) is 36.0. The lowest BCUT2D eigenvalue weighted by Gasteiger charge is -2.29. The molecule has 0 aromatic carbocycles. The average molecular weight is 801 g/mol. The number of carbonyl (C=O) groups excluding carboxylic acids is 1. The molecule has 0 spiro atoms. The van der Waals surface area contributed by atoms with E-state index in [4.69, 9.17) is 9.05 Å². The van der Waals surface area contributed by atoms with Gasteiger partial charge in [-0.1, -0.05) is 156 Å². The van der Waals surface area contributed by atoms with Gasteiger partial charge in [-0.15, -0.1) is 0 Å². The summed E-state index contributed by atoms with van der Waals surface area (Å²) in [6, 6.07) is -0.908. The number of nitrogens with zero attached hydrogens (tertiary/aromatic N) is 1. The van der Waals surface area contributed by atoms with Gasteiger partial charge in [0.2, 0.25) is 5.91 Å². The number of quaternary nitrogens is 1. The van der Waals surface area contributed by atoms with E-state index in [2.05, 4.69) is 104 Å². The van der Waals surface area contributed by atoms with Crippen LogP contribution < -0.4 is 10.2 Å². The smallest absolute Gasteiger partial charge is 0.268 e. The Kier molecular flexibility index (Phi) is 36.2. The van der Waals surface area contributed by atoms with E-state index in [1.165, 1.54) is 32.1 Å². The number of rotatable bonds is 37. The van der Waals surface area contributed by atoms with Crippen molar-refractivity contribution in [2.75, 3.05) is 40.9 Å². The molecule has 0 aliphatic heterocycles. The highest BCUT2D eigenvalue weighted by molar-refractivity contribution is 7.45. The summed E-state index contributed by atoms with van der Waals surface area (Å²) in [5.74, 6) is -0.238. The topological polar surface area (TPSA) is 108 Å². The Morgan fingerprint density at radius 2 is 1.09 bits per heavy atom. The van der Waals surface area contributed by atoms with Crippen LogP contribution in [0.5, 0.6) is 0 Å². The average Bonchev–Trinajstić information content (AvgIpc) is 3.15. The second-order valence-electron chi connectivity index (χ2n) is 15.3. The first-order valence-corrected chi connectivity index (χ1v) is 23.1. The van der Waals surface area contributed by atoms with Crippen molar-refractivity contribution in [1.82, 2.24) is 5.32 Å². The summed E-state index contributed by atoms with van der Waals surface area (Å²) < 4.78 is 23.1. The molecule has 320 valence electrons. The number of unbranched alkanes of at least 4 members (excludes halogenated alkanes) is 10. The Morgan fingerprint density at radius 1 is 0.643 bits per heavy atom. The van der Waals surface area contributed by atoms with Gasteiger partial charge >= 0.3 is 0 Å². The van der Waals surface area contributed by atoms with Gasteiger partial charge in [-0.25, -0.2) is 0 Å². The predicted molar refractivity (Wildman–Crippen MR) is 237 cm³/mol. The summed E-state index contributed by atoms with van der Waals surface area (Å²) in [4.78, 5) is 25.2. The molecule has 0 radical (unpaired) electrons. The van der Waals surface area contributed by atoms with Crippen LogP contribution in [0.1, 0.15) is 142 Å². The lowest BCUT2D eigenvalue weighted by Crippen LogP contribution is -2.45. The number of aliphatic hydroxyl groups excluding tert-OH is 1. The van der Waals surface area contributed by atoms with Crippen LogP contribution in [0.15, 0.2) is 97.2 Å². The number of nitrogens with one attached hydrogen (secondary N) is 1. The monoisotopic (exact) mass is 801 g/mol. The van der Waals surface area contributed by atoms with Gasteiger partial charge in [0.15, 0.2) is 0 Å². The SMILES string of the molecule is CC/C=C\C/C=C\C/C=C\C/C=C\C/C=C\C/C=C\C/C=C\CCCCCC(=O)NC(COP(=O)([O-])OCC[N+](C)(C)C)C(O)/C=C/CCCCCCCCC. The number of amides is 1. The number of hydrogen-bond acceptors (Lipinski definition) is 6. The van der Waals surface area contributed by atoms with Crippen molar-refractivity contribution in [2.45, 2.75) is 154 Å². The second-order valence-corrected chi connectivity index (χ2v) is 16.7. The molecular formula is C47H81N2O6P. The van der Waals surface area contributed by atoms with Gasteiger partial charge in [0.25, 0.3) is 7.82 Å². The standard InChI is InChI=1S/C47H81N2O6P/c1-6-8-10-12-14-16-17-18-19-20-21-22-23-24-25-26-27-28-29-30-31-33-35-37-39-41-47(51)48-45(44-55-56(52,53)54-43-42-49(3,4)5)46(50)40-38-36-34-32-15-13-11-9-7-2/h8,10,14,16,18-19,21-22,24-25,27-28,30-31,38,40,45-46,50H,6-7,9,11-13,15,17,20,23,26,29,32-37,39,41-44H2,1-5H3,(H-,48,51,52,53)/b10-8-,16-14-,19-18-,22-21-,25-24-,28-27-,31-30-,40-38+. The van der Waals surface area contributed by atoms with E-state index < -0.39 is 26.6 Å². The van der Waals surface area contributed by atoms with Gasteiger partial charge in [-0.3, -0.25) is 9.36 Å². The molecule has 0 aliphatic rings. The number of phosphoric acid groups is 1. The zero-order chi connectivity index (χ0) is 41.4. The normalized spacial score (nSPS) is 15.3. The first-order valence-electron chi connectivity index (χ1n) is 21.6. The molecule has 2 N–H and O–H groups in total. The number of phosphoric ester groups is 1. The van der Waals surface area contributed by atoms with Crippen molar-refractivity contribution >= 4 is 13.7 Å². The summed E-state index contributed by atoms with van der Waals surface area (Å²) in [6.45, 7) is 4.43. The fourth-order valence-corrected chi connectivity index (χ4v) is 6.09. The number of allylic oxidation sites excluding steroid dienone is 15. The quantitative estimate of drug-likeness (QED) is 0.0280. The molecule has 0 rings (SSSR count). The van der Waals surface area contributed by atoms with Gasteiger partial charge < -0.3 is 28.8 Å². The molecule has 0 saturated heterocycles. The summed E-state index contributed by atoms with van der Waals surface area (Å²) in [6.07, 6.45) is 53.2. The first-order chi connectivity index (χ1) is 27.0. The molecule has 3 unspecified atom stereocenters. The maximum absolute atomic E-state index is 12.8. The molecule has 0 bridgehead atoms. The van der Waals surface area contributed by atoms with Crippen LogP contribution in [-0.2, 0) is 18.4 Å². The van der Waals surface area contributed by atoms with Crippen LogP contribution in [0.3, 0.4) is 0 Å². The minimum absolute atomic E-state index is 0.0140. The third kappa shape index (κ3) is 39.6. The fraction of sp³-hybridized carbons (Fsp3) is 0.638. The van der Waals surface area contributed by atoms with E-state index in [0.29, 0.717) is 23.9 Å². The minimum atomic E-state index is -4.60. The summed E-state index contributed by atoms with van der Waals surface area (Å²) in [5.41, 5.74) is 0. The van der Waals surface area contributed by atoms with Crippen molar-refractivity contribution in [2.24, 2.45) is 0 Å². The van der Waals surface area contributed by atoms with Crippen molar-refractivity contribution in [1.29, 1.82) is 0 Å². The molecule has 0 aromatic rings. The number of aliphatic hydroxyl groups is 1. The van der Waals surface area contributed by atoms with Gasteiger partial charge in [0, 0.05) is 6.42 Å². The Morgan fingerprint density at radius 3 is 1.59 bits per heavy atom. The Labute approximate surface area is 343 Å². The Bertz CT molecular complexity index is 1230. The van der Waals surface area contributed by atoms with Gasteiger partial charge in [-0.2, -0.15) is 0 Å². The van der Waals surface area contributed by atoms with E-state index in [1.54, 1.807) is 6.08 Å². The van der Waals surface area contributed by atoms with Crippen LogP contribution >= 0.6 is 7.82 Å². The fourth-order valence-electron chi connectivity index (χ4n) is 5.36. The third-order valence-electron chi connectivity index (χ3n) is 8.80. The van der Waals surface area contributed by atoms with Crippen LogP contribution in [-0.4, -0.2) is 68.5 Å². The van der Waals surface area contributed by atoms with E-state index in [-0.39, 0.29) is 12.5 Å². The molecule has 3 atom stereocenters. The number of hydrogen-bond donors (Lipinski definition) is 2. The van der Waals surface area contributed by atoms with Gasteiger partial charge in [0.05, 0.1) is 39.9 Å². The molecule has 0 aromatic heterocycles. The highest BCUT2D eigenvalue weighted by Crippen LogP contribution is 2.38. The van der Waals surface area contributed by atoms with Crippen LogP contribution in [0, 0.1) is 0 Å². The second kappa shape index (κ2) is 38.0. The van der Waals surface area contributed by atoms with E-state index in [9.17, 15) is 19.4 Å². The summed E-state index contributed by atoms with van der Waals surface area (Å²) >= 11 is 0. The van der Waals surface area contributed by atoms with E-state index >= 15 is 0 Å². The van der Waals surface area contributed by atoms with Crippen LogP contribution in [0.4, 0.5) is 0 Å². The van der Waals surface area contributed by atoms with E-state index in [0.717, 1.165) is 83.5 Å². The maximum Gasteiger partial charge on any atom is 0.268 e. The molecule has 9 heteroatoms. The molecule has 8 nitrogen and oxygen atoms in total. The van der Waals surface area contributed by atoms with Crippen molar-refractivity contribution in [3.63, 3.8) is 0 Å². The number of carbonyl (C=O) groups is 1. The largest absolute Gasteiger partial charge is 0.756 e. The zero-order valence-corrected chi connectivity index (χ0v) is 36.9. The van der Waals surface area contributed by atoms with Crippen molar-refractivity contribution in [3.8, 4) is 0 Å². The maximum atomic E-state index is 12.8. The van der Waals surface area contributed by atoms with Crippen LogP contribution in [0.25, 0.3) is 0 Å². The number of likely N-dealkylation sites (N-methyl/N-ethyl adjacent to an activating group) is 1. The highest BCUT2D eigenvalue weighted by Gasteiger charge is 2.23. The molecular weight excluding hydrogens is 719 g/mol. The highest BCUT2D eigenvalue weighted by atomic mass is 31.2. The van der Waals surface area contributed by atoms with Gasteiger partial charge in [-0.05, 0) is 77.0 Å².